The van der Waals surface area contributed by atoms with Crippen molar-refractivity contribution in [3.63, 3.8) is 0 Å². The van der Waals surface area contributed by atoms with Crippen molar-refractivity contribution < 1.29 is 19.4 Å². The molecule has 1 unspecified atom stereocenters. The fraction of sp³-hybridized carbons (Fsp3) is 0.579. The number of benzene rings is 1. The Bertz CT molecular complexity index is 735. The maximum absolute atomic E-state index is 12.3. The Balaban J connectivity index is 0.00000280. The van der Waals surface area contributed by atoms with Gasteiger partial charge in [0.05, 0.1) is 19.7 Å². The number of nitrogens with one attached hydrogen (secondary N) is 1. The summed E-state index contributed by atoms with van der Waals surface area (Å²) in [6.45, 7) is 8.74. The van der Waals surface area contributed by atoms with Crippen molar-refractivity contribution >= 4 is 36.0 Å². The van der Waals surface area contributed by atoms with Gasteiger partial charge in [0.25, 0.3) is 0 Å². The van der Waals surface area contributed by atoms with Crippen molar-refractivity contribution in [3.05, 3.63) is 23.8 Å². The number of carbonyl (C=O) groups excluding carboxylic acids is 1. The minimum atomic E-state index is -0.489. The number of aliphatic imine (C=N–C) groups is 1. The molecule has 2 N–H and O–H groups in total. The number of hydrogen-bond acceptors (Lipinski definition) is 7. The van der Waals surface area contributed by atoms with E-state index in [0.29, 0.717) is 38.5 Å². The third kappa shape index (κ3) is 5.33. The number of amides is 1. The highest BCUT2D eigenvalue weighted by atomic mass is 127. The van der Waals surface area contributed by atoms with Gasteiger partial charge in [-0.25, -0.2) is 4.79 Å². The molecule has 2 heterocycles. The van der Waals surface area contributed by atoms with Crippen LogP contribution in [0.3, 0.4) is 0 Å². The first-order valence-electron chi connectivity index (χ1n) is 9.15. The van der Waals surface area contributed by atoms with Crippen LogP contribution in [0.15, 0.2) is 23.2 Å². The summed E-state index contributed by atoms with van der Waals surface area (Å²) in [4.78, 5) is 20.8. The molecule has 156 valence electrons. The maximum Gasteiger partial charge on any atom is 0.410 e. The van der Waals surface area contributed by atoms with Crippen molar-refractivity contribution in [2.24, 2.45) is 4.99 Å². The van der Waals surface area contributed by atoms with Gasteiger partial charge in [0.1, 0.15) is 5.60 Å². The number of carbonyl (C=O) groups is 1. The predicted octanol–water partition coefficient (Wildman–Crippen LogP) is 2.40. The van der Waals surface area contributed by atoms with Gasteiger partial charge in [-0.3, -0.25) is 4.99 Å². The van der Waals surface area contributed by atoms with E-state index in [1.165, 1.54) is 7.11 Å². The van der Waals surface area contributed by atoms with Crippen LogP contribution in [0.5, 0.6) is 11.5 Å². The molecule has 1 saturated heterocycles. The van der Waals surface area contributed by atoms with E-state index in [9.17, 15) is 9.90 Å². The number of fused-ring (bicyclic) bond motifs is 1. The van der Waals surface area contributed by atoms with Gasteiger partial charge in [0, 0.05) is 26.2 Å². The number of halogens is 1. The number of guanidine groups is 1. The lowest BCUT2D eigenvalue weighted by Gasteiger charge is -2.39. The van der Waals surface area contributed by atoms with E-state index in [1.54, 1.807) is 17.0 Å². The summed E-state index contributed by atoms with van der Waals surface area (Å²) in [5.41, 5.74) is 0.448. The standard InChI is InChI=1S/C19H28N4O4.HI/c1-19(2,3)27-18(25)22-7-8-23-14(12-22)11-21-17(23)20-10-13-5-6-16(26-4)15(24)9-13;/h5-6,9,14,24H,7-8,10-12H2,1-4H3,(H,20,21);1H. The van der Waals surface area contributed by atoms with Gasteiger partial charge in [-0.1, -0.05) is 6.07 Å². The quantitative estimate of drug-likeness (QED) is 0.616. The highest BCUT2D eigenvalue weighted by Crippen LogP contribution is 2.26. The number of nitrogens with zero attached hydrogens (tertiary/aromatic N) is 3. The van der Waals surface area contributed by atoms with Crippen molar-refractivity contribution in [2.45, 2.75) is 39.0 Å². The average Bonchev–Trinajstić information content (AvgIpc) is 3.01. The molecule has 2 aliphatic heterocycles. The lowest BCUT2D eigenvalue weighted by atomic mass is 10.2. The zero-order valence-electron chi connectivity index (χ0n) is 16.8. The minimum Gasteiger partial charge on any atom is -0.504 e. The average molecular weight is 504 g/mol. The van der Waals surface area contributed by atoms with Crippen molar-refractivity contribution in [3.8, 4) is 11.5 Å². The van der Waals surface area contributed by atoms with E-state index in [1.807, 2.05) is 26.8 Å². The largest absolute Gasteiger partial charge is 0.504 e. The predicted molar refractivity (Wildman–Crippen MR) is 118 cm³/mol. The maximum atomic E-state index is 12.3. The third-order valence-corrected chi connectivity index (χ3v) is 4.55. The molecule has 3 rings (SSSR count). The van der Waals surface area contributed by atoms with Crippen LogP contribution in [0.4, 0.5) is 4.79 Å². The number of piperazine rings is 1. The normalized spacial score (nSPS) is 18.7. The van der Waals surface area contributed by atoms with Gasteiger partial charge in [-0.2, -0.15) is 0 Å². The zero-order chi connectivity index (χ0) is 19.6. The van der Waals surface area contributed by atoms with Crippen molar-refractivity contribution in [1.82, 2.24) is 15.1 Å². The fourth-order valence-electron chi connectivity index (χ4n) is 3.25. The molecule has 0 spiro atoms. The summed E-state index contributed by atoms with van der Waals surface area (Å²) in [6.07, 6.45) is -0.266. The molecule has 9 heteroatoms. The molecule has 8 nitrogen and oxygen atoms in total. The Morgan fingerprint density at radius 2 is 2.11 bits per heavy atom. The Morgan fingerprint density at radius 1 is 1.36 bits per heavy atom. The highest BCUT2D eigenvalue weighted by molar-refractivity contribution is 14.0. The SMILES string of the molecule is COc1ccc(CNC2=NCC3CN(C(=O)OC(C)(C)C)CCN23)cc1O.I. The van der Waals surface area contributed by atoms with Gasteiger partial charge < -0.3 is 29.7 Å². The van der Waals surface area contributed by atoms with Crippen LogP contribution in [0.25, 0.3) is 0 Å². The number of rotatable bonds is 3. The van der Waals surface area contributed by atoms with Crippen LogP contribution in [0, 0.1) is 0 Å². The number of hydrogen-bond donors (Lipinski definition) is 2. The van der Waals surface area contributed by atoms with E-state index >= 15 is 0 Å². The van der Waals surface area contributed by atoms with Gasteiger partial charge >= 0.3 is 6.09 Å². The molecule has 0 saturated carbocycles. The van der Waals surface area contributed by atoms with Gasteiger partial charge in [0.15, 0.2) is 17.5 Å². The molecule has 1 aromatic rings. The number of aromatic hydroxyl groups is 1. The smallest absolute Gasteiger partial charge is 0.410 e. The molecular weight excluding hydrogens is 475 g/mol. The third-order valence-electron chi connectivity index (χ3n) is 4.55. The van der Waals surface area contributed by atoms with Crippen LogP contribution in [0.1, 0.15) is 26.3 Å². The summed E-state index contributed by atoms with van der Waals surface area (Å²) in [5.74, 6) is 1.41. The molecule has 1 aromatic carbocycles. The topological polar surface area (TPSA) is 86.6 Å². The molecule has 0 aliphatic carbocycles. The number of phenols is 1. The first-order chi connectivity index (χ1) is 12.8. The molecule has 28 heavy (non-hydrogen) atoms. The van der Waals surface area contributed by atoms with Crippen LogP contribution in [-0.4, -0.2) is 71.9 Å². The summed E-state index contributed by atoms with van der Waals surface area (Å²) in [7, 11) is 1.53. The minimum absolute atomic E-state index is 0. The van der Waals surface area contributed by atoms with Crippen LogP contribution in [0.2, 0.25) is 0 Å². The number of methoxy groups -OCH3 is 1. The van der Waals surface area contributed by atoms with Crippen LogP contribution < -0.4 is 10.1 Å². The Kier molecular flexibility index (Phi) is 7.24. The molecule has 1 atom stereocenters. The van der Waals surface area contributed by atoms with Gasteiger partial charge in [-0.05, 0) is 38.5 Å². The van der Waals surface area contributed by atoms with Crippen LogP contribution in [-0.2, 0) is 11.3 Å². The fourth-order valence-corrected chi connectivity index (χ4v) is 3.25. The molecule has 0 aromatic heterocycles. The number of phenolic OH excluding ortho intramolecular Hbond substituents is 1. The zero-order valence-corrected chi connectivity index (χ0v) is 19.1. The molecule has 1 amide bonds. The van der Waals surface area contributed by atoms with Crippen molar-refractivity contribution in [1.29, 1.82) is 0 Å². The second-order valence-electron chi connectivity index (χ2n) is 7.80. The Hall–Kier alpha value is -1.91. The summed E-state index contributed by atoms with van der Waals surface area (Å²) in [6, 6.07) is 5.49. The highest BCUT2D eigenvalue weighted by Gasteiger charge is 2.36. The summed E-state index contributed by atoms with van der Waals surface area (Å²) in [5, 5.41) is 13.2. The van der Waals surface area contributed by atoms with Crippen LogP contribution >= 0.6 is 24.0 Å². The molecule has 2 aliphatic rings. The van der Waals surface area contributed by atoms with E-state index in [-0.39, 0.29) is 41.9 Å². The Morgan fingerprint density at radius 3 is 2.75 bits per heavy atom. The first kappa shape index (κ1) is 22.4. The first-order valence-corrected chi connectivity index (χ1v) is 9.15. The lowest BCUT2D eigenvalue weighted by molar-refractivity contribution is 0.0137. The van der Waals surface area contributed by atoms with Gasteiger partial charge in [-0.15, -0.1) is 24.0 Å². The molecule has 0 bridgehead atoms. The number of ether oxygens (including phenoxy) is 2. The van der Waals surface area contributed by atoms with E-state index in [2.05, 4.69) is 15.2 Å². The monoisotopic (exact) mass is 504 g/mol. The summed E-state index contributed by atoms with van der Waals surface area (Å²) >= 11 is 0. The van der Waals surface area contributed by atoms with E-state index < -0.39 is 5.60 Å². The lowest BCUT2D eigenvalue weighted by Crippen LogP contribution is -2.57. The Labute approximate surface area is 182 Å². The summed E-state index contributed by atoms with van der Waals surface area (Å²) < 4.78 is 10.5. The van der Waals surface area contributed by atoms with E-state index in [4.69, 9.17) is 9.47 Å². The second kappa shape index (κ2) is 9.06. The molecular formula is C19H29IN4O4. The second-order valence-corrected chi connectivity index (χ2v) is 7.80. The molecule has 1 fully saturated rings. The van der Waals surface area contributed by atoms with Crippen molar-refractivity contribution in [2.75, 3.05) is 33.3 Å². The molecule has 0 radical (unpaired) electrons. The van der Waals surface area contributed by atoms with Gasteiger partial charge in [0.2, 0.25) is 0 Å². The van der Waals surface area contributed by atoms with E-state index in [0.717, 1.165) is 11.5 Å².